The summed E-state index contributed by atoms with van der Waals surface area (Å²) in [5, 5.41) is 3.49. The molecule has 3 heteroatoms. The molecule has 1 saturated heterocycles. The average Bonchev–Trinajstić information content (AvgIpc) is 2.86. The first-order chi connectivity index (χ1) is 8.74. The Morgan fingerprint density at radius 2 is 2.11 bits per heavy atom. The van der Waals surface area contributed by atoms with Crippen LogP contribution in [-0.4, -0.2) is 25.8 Å². The van der Waals surface area contributed by atoms with E-state index in [9.17, 15) is 0 Å². The van der Waals surface area contributed by atoms with E-state index in [1.165, 1.54) is 15.6 Å². The van der Waals surface area contributed by atoms with Crippen molar-refractivity contribution in [1.82, 2.24) is 5.32 Å². The Bertz CT molecular complexity index is 365. The Balaban J connectivity index is 2.02. The minimum Gasteiger partial charge on any atom is -0.378 e. The molecule has 100 valence electrons. The van der Waals surface area contributed by atoms with Gasteiger partial charge in [-0.1, -0.05) is 19.1 Å². The van der Waals surface area contributed by atoms with Crippen LogP contribution in [0.3, 0.4) is 0 Å². The van der Waals surface area contributed by atoms with Crippen molar-refractivity contribution < 1.29 is 4.74 Å². The fraction of sp³-hybridized carbons (Fsp3) is 0.600. The third-order valence-electron chi connectivity index (χ3n) is 3.92. The standard InChI is InChI=1S/C15H22INO/c1-3-15-13(8-9-18-15)14(17-2)10-11-4-6-12(16)7-5-11/h4-7,13-15,17H,3,8-10H2,1-2H3. The molecule has 0 aromatic heterocycles. The molecular weight excluding hydrogens is 337 g/mol. The summed E-state index contributed by atoms with van der Waals surface area (Å²) < 4.78 is 7.11. The van der Waals surface area contributed by atoms with Crippen molar-refractivity contribution in [1.29, 1.82) is 0 Å². The van der Waals surface area contributed by atoms with Gasteiger partial charge in [0.15, 0.2) is 0 Å². The fourth-order valence-corrected chi connectivity index (χ4v) is 3.25. The van der Waals surface area contributed by atoms with E-state index in [-0.39, 0.29) is 0 Å². The molecule has 0 saturated carbocycles. The molecule has 1 N–H and O–H groups in total. The number of rotatable bonds is 5. The van der Waals surface area contributed by atoms with E-state index in [1.807, 2.05) is 0 Å². The number of hydrogen-bond donors (Lipinski definition) is 1. The largest absolute Gasteiger partial charge is 0.378 e. The first-order valence-corrected chi connectivity index (χ1v) is 7.85. The second-order valence-corrected chi connectivity index (χ2v) is 6.24. The number of hydrogen-bond acceptors (Lipinski definition) is 2. The predicted octanol–water partition coefficient (Wildman–Crippen LogP) is 3.24. The van der Waals surface area contributed by atoms with Crippen molar-refractivity contribution in [2.45, 2.75) is 38.3 Å². The predicted molar refractivity (Wildman–Crippen MR) is 83.8 cm³/mol. The average molecular weight is 359 g/mol. The summed E-state index contributed by atoms with van der Waals surface area (Å²) in [5.41, 5.74) is 1.41. The Hall–Kier alpha value is -0.130. The molecule has 18 heavy (non-hydrogen) atoms. The summed E-state index contributed by atoms with van der Waals surface area (Å²) in [6, 6.07) is 9.37. The zero-order valence-corrected chi connectivity index (χ0v) is 13.3. The highest BCUT2D eigenvalue weighted by molar-refractivity contribution is 14.1. The van der Waals surface area contributed by atoms with E-state index < -0.39 is 0 Å². The lowest BCUT2D eigenvalue weighted by Gasteiger charge is -2.27. The van der Waals surface area contributed by atoms with Crippen LogP contribution < -0.4 is 5.32 Å². The van der Waals surface area contributed by atoms with Gasteiger partial charge in [-0.15, -0.1) is 0 Å². The van der Waals surface area contributed by atoms with Crippen LogP contribution in [0.2, 0.25) is 0 Å². The second-order valence-electron chi connectivity index (χ2n) is 5.00. The second kappa shape index (κ2) is 6.87. The van der Waals surface area contributed by atoms with Gasteiger partial charge in [-0.3, -0.25) is 0 Å². The Morgan fingerprint density at radius 3 is 2.72 bits per heavy atom. The molecule has 3 atom stereocenters. The molecule has 0 spiro atoms. The van der Waals surface area contributed by atoms with Crippen LogP contribution in [0.5, 0.6) is 0 Å². The van der Waals surface area contributed by atoms with Gasteiger partial charge in [0.25, 0.3) is 0 Å². The van der Waals surface area contributed by atoms with Crippen molar-refractivity contribution in [3.8, 4) is 0 Å². The monoisotopic (exact) mass is 359 g/mol. The Labute approximate surface area is 124 Å². The van der Waals surface area contributed by atoms with Crippen molar-refractivity contribution in [2.75, 3.05) is 13.7 Å². The summed E-state index contributed by atoms with van der Waals surface area (Å²) in [6.45, 7) is 3.15. The quantitative estimate of drug-likeness (QED) is 0.815. The zero-order chi connectivity index (χ0) is 13.0. The van der Waals surface area contributed by atoms with Gasteiger partial charge >= 0.3 is 0 Å². The maximum absolute atomic E-state index is 5.81. The number of halogens is 1. The summed E-state index contributed by atoms with van der Waals surface area (Å²) in [5.74, 6) is 0.652. The number of nitrogens with one attached hydrogen (secondary N) is 1. The molecule has 1 aromatic rings. The summed E-state index contributed by atoms with van der Waals surface area (Å²) >= 11 is 2.35. The summed E-state index contributed by atoms with van der Waals surface area (Å²) in [6.07, 6.45) is 3.84. The Morgan fingerprint density at radius 1 is 1.39 bits per heavy atom. The third-order valence-corrected chi connectivity index (χ3v) is 4.64. The van der Waals surface area contributed by atoms with Gasteiger partial charge in [-0.25, -0.2) is 0 Å². The maximum Gasteiger partial charge on any atom is 0.0616 e. The minimum absolute atomic E-state index is 0.436. The minimum atomic E-state index is 0.436. The van der Waals surface area contributed by atoms with Crippen molar-refractivity contribution in [3.63, 3.8) is 0 Å². The van der Waals surface area contributed by atoms with Crippen molar-refractivity contribution in [2.24, 2.45) is 5.92 Å². The lowest BCUT2D eigenvalue weighted by atomic mass is 9.87. The molecule has 0 radical (unpaired) electrons. The van der Waals surface area contributed by atoms with Crippen molar-refractivity contribution >= 4 is 22.6 Å². The van der Waals surface area contributed by atoms with Crippen LogP contribution in [-0.2, 0) is 11.2 Å². The first-order valence-electron chi connectivity index (χ1n) is 6.78. The summed E-state index contributed by atoms with van der Waals surface area (Å²) in [7, 11) is 2.07. The molecule has 1 aromatic carbocycles. The third kappa shape index (κ3) is 3.45. The van der Waals surface area contributed by atoms with Crippen LogP contribution in [0.15, 0.2) is 24.3 Å². The molecular formula is C15H22INO. The fourth-order valence-electron chi connectivity index (χ4n) is 2.89. The first kappa shape index (κ1) is 14.3. The highest BCUT2D eigenvalue weighted by Gasteiger charge is 2.32. The normalized spacial score (nSPS) is 25.3. The highest BCUT2D eigenvalue weighted by atomic mass is 127. The number of likely N-dealkylation sites (N-methyl/N-ethyl adjacent to an activating group) is 1. The van der Waals surface area contributed by atoms with Gasteiger partial charge in [0.05, 0.1) is 6.10 Å². The van der Waals surface area contributed by atoms with E-state index in [0.29, 0.717) is 18.1 Å². The van der Waals surface area contributed by atoms with Crippen LogP contribution in [0.25, 0.3) is 0 Å². The van der Waals surface area contributed by atoms with Crippen LogP contribution >= 0.6 is 22.6 Å². The molecule has 0 amide bonds. The van der Waals surface area contributed by atoms with Gasteiger partial charge in [0.1, 0.15) is 0 Å². The molecule has 1 aliphatic heterocycles. The van der Waals surface area contributed by atoms with E-state index in [4.69, 9.17) is 4.74 Å². The van der Waals surface area contributed by atoms with E-state index in [1.54, 1.807) is 0 Å². The maximum atomic E-state index is 5.81. The number of benzene rings is 1. The molecule has 3 unspecified atom stereocenters. The summed E-state index contributed by atoms with van der Waals surface area (Å²) in [4.78, 5) is 0. The molecule has 0 aliphatic carbocycles. The lowest BCUT2D eigenvalue weighted by molar-refractivity contribution is 0.0783. The van der Waals surface area contributed by atoms with Crippen LogP contribution in [0.1, 0.15) is 25.3 Å². The molecule has 1 heterocycles. The van der Waals surface area contributed by atoms with E-state index in [2.05, 4.69) is 66.1 Å². The Kier molecular flexibility index (Phi) is 5.45. The molecule has 0 bridgehead atoms. The van der Waals surface area contributed by atoms with Gasteiger partial charge < -0.3 is 10.1 Å². The van der Waals surface area contributed by atoms with Gasteiger partial charge in [-0.2, -0.15) is 0 Å². The molecule has 1 aliphatic rings. The highest BCUT2D eigenvalue weighted by Crippen LogP contribution is 2.28. The van der Waals surface area contributed by atoms with Gasteiger partial charge in [0.2, 0.25) is 0 Å². The number of ether oxygens (including phenoxy) is 1. The topological polar surface area (TPSA) is 21.3 Å². The zero-order valence-electron chi connectivity index (χ0n) is 11.2. The van der Waals surface area contributed by atoms with Crippen LogP contribution in [0, 0.1) is 9.49 Å². The van der Waals surface area contributed by atoms with Crippen LogP contribution in [0.4, 0.5) is 0 Å². The van der Waals surface area contributed by atoms with Crippen molar-refractivity contribution in [3.05, 3.63) is 33.4 Å². The molecule has 2 rings (SSSR count). The smallest absolute Gasteiger partial charge is 0.0616 e. The van der Waals surface area contributed by atoms with E-state index in [0.717, 1.165) is 19.4 Å². The molecule has 2 nitrogen and oxygen atoms in total. The van der Waals surface area contributed by atoms with Gasteiger partial charge in [-0.05, 0) is 66.6 Å². The molecule has 1 fully saturated rings. The van der Waals surface area contributed by atoms with E-state index >= 15 is 0 Å². The SMILES string of the molecule is CCC1OCCC1C(Cc1ccc(I)cc1)NC. The van der Waals surface area contributed by atoms with Gasteiger partial charge in [0, 0.05) is 22.1 Å². The lowest BCUT2D eigenvalue weighted by Crippen LogP contribution is -2.39.